The SMILES string of the molecule is C[C@@H]1CCC[C@@H](C)N1C(=O)Nc1ccc(Br)cc1. The van der Waals surface area contributed by atoms with Crippen molar-refractivity contribution in [3.63, 3.8) is 0 Å². The third-order valence-electron chi connectivity index (χ3n) is 3.52. The van der Waals surface area contributed by atoms with Crippen molar-refractivity contribution in [1.29, 1.82) is 0 Å². The number of anilines is 1. The van der Waals surface area contributed by atoms with Crippen LogP contribution in [0.5, 0.6) is 0 Å². The lowest BCUT2D eigenvalue weighted by Gasteiger charge is -2.38. The molecule has 1 saturated heterocycles. The molecule has 18 heavy (non-hydrogen) atoms. The van der Waals surface area contributed by atoms with Crippen LogP contribution in [0.15, 0.2) is 28.7 Å². The minimum Gasteiger partial charge on any atom is -0.319 e. The standard InChI is InChI=1S/C14H19BrN2O/c1-10-4-3-5-11(2)17(10)14(18)16-13-8-6-12(15)7-9-13/h6-11H,3-5H2,1-2H3,(H,16,18)/t10-,11-/m1/s1. The zero-order valence-electron chi connectivity index (χ0n) is 10.8. The van der Waals surface area contributed by atoms with Crippen LogP contribution in [0.2, 0.25) is 0 Å². The van der Waals surface area contributed by atoms with E-state index in [1.165, 1.54) is 6.42 Å². The molecule has 98 valence electrons. The number of benzene rings is 1. The summed E-state index contributed by atoms with van der Waals surface area (Å²) in [5.74, 6) is 0. The van der Waals surface area contributed by atoms with Crippen LogP contribution in [-0.4, -0.2) is 23.0 Å². The molecule has 1 heterocycles. The fourth-order valence-electron chi connectivity index (χ4n) is 2.54. The van der Waals surface area contributed by atoms with Gasteiger partial charge < -0.3 is 10.2 Å². The zero-order valence-corrected chi connectivity index (χ0v) is 12.4. The summed E-state index contributed by atoms with van der Waals surface area (Å²) in [7, 11) is 0. The Morgan fingerprint density at radius 1 is 1.22 bits per heavy atom. The van der Waals surface area contributed by atoms with E-state index in [1.807, 2.05) is 29.2 Å². The van der Waals surface area contributed by atoms with Crippen LogP contribution in [-0.2, 0) is 0 Å². The lowest BCUT2D eigenvalue weighted by molar-refractivity contribution is 0.133. The maximum Gasteiger partial charge on any atom is 0.322 e. The maximum atomic E-state index is 12.3. The number of piperidine rings is 1. The molecular formula is C14H19BrN2O. The highest BCUT2D eigenvalue weighted by Crippen LogP contribution is 2.23. The number of halogens is 1. The van der Waals surface area contributed by atoms with E-state index in [1.54, 1.807) is 0 Å². The van der Waals surface area contributed by atoms with Gasteiger partial charge in [0.2, 0.25) is 0 Å². The summed E-state index contributed by atoms with van der Waals surface area (Å²) < 4.78 is 1.01. The van der Waals surface area contributed by atoms with E-state index >= 15 is 0 Å². The van der Waals surface area contributed by atoms with Gasteiger partial charge in [0, 0.05) is 22.2 Å². The molecule has 2 rings (SSSR count). The minimum absolute atomic E-state index is 0.0111. The van der Waals surface area contributed by atoms with Crippen molar-refractivity contribution in [1.82, 2.24) is 4.90 Å². The van der Waals surface area contributed by atoms with Crippen molar-refractivity contribution in [3.05, 3.63) is 28.7 Å². The van der Waals surface area contributed by atoms with E-state index in [9.17, 15) is 4.79 Å². The number of nitrogens with one attached hydrogen (secondary N) is 1. The van der Waals surface area contributed by atoms with E-state index in [0.29, 0.717) is 12.1 Å². The Balaban J connectivity index is 2.04. The van der Waals surface area contributed by atoms with Crippen LogP contribution < -0.4 is 5.32 Å². The molecule has 0 unspecified atom stereocenters. The monoisotopic (exact) mass is 310 g/mol. The molecule has 1 fully saturated rings. The number of carbonyl (C=O) groups is 1. The van der Waals surface area contributed by atoms with Gasteiger partial charge >= 0.3 is 6.03 Å². The van der Waals surface area contributed by atoms with Gasteiger partial charge in [-0.1, -0.05) is 15.9 Å². The first-order chi connectivity index (χ1) is 8.58. The number of rotatable bonds is 1. The van der Waals surface area contributed by atoms with Crippen LogP contribution in [0.3, 0.4) is 0 Å². The molecule has 0 bridgehead atoms. The average Bonchev–Trinajstić information content (AvgIpc) is 2.32. The van der Waals surface area contributed by atoms with Crippen LogP contribution in [0.25, 0.3) is 0 Å². The van der Waals surface area contributed by atoms with Gasteiger partial charge in [0.25, 0.3) is 0 Å². The highest BCUT2D eigenvalue weighted by atomic mass is 79.9. The molecule has 1 aromatic rings. The Labute approximate surface area is 117 Å². The molecule has 4 heteroatoms. The quantitative estimate of drug-likeness (QED) is 0.826. The lowest BCUT2D eigenvalue weighted by Crippen LogP contribution is -2.49. The van der Waals surface area contributed by atoms with E-state index in [2.05, 4.69) is 35.1 Å². The van der Waals surface area contributed by atoms with Crippen molar-refractivity contribution >= 4 is 27.6 Å². The smallest absolute Gasteiger partial charge is 0.319 e. The summed E-state index contributed by atoms with van der Waals surface area (Å²) in [6.45, 7) is 4.24. The summed E-state index contributed by atoms with van der Waals surface area (Å²) in [6, 6.07) is 8.32. The molecule has 0 aliphatic carbocycles. The summed E-state index contributed by atoms with van der Waals surface area (Å²) >= 11 is 3.38. The lowest BCUT2D eigenvalue weighted by atomic mass is 9.98. The number of likely N-dealkylation sites (tertiary alicyclic amines) is 1. The largest absolute Gasteiger partial charge is 0.322 e. The Morgan fingerprint density at radius 3 is 2.33 bits per heavy atom. The molecule has 2 amide bonds. The fraction of sp³-hybridized carbons (Fsp3) is 0.500. The molecule has 0 aromatic heterocycles. The van der Waals surface area contributed by atoms with Gasteiger partial charge in [-0.3, -0.25) is 0 Å². The van der Waals surface area contributed by atoms with Crippen molar-refractivity contribution < 1.29 is 4.79 Å². The zero-order chi connectivity index (χ0) is 13.1. The maximum absolute atomic E-state index is 12.3. The molecule has 0 saturated carbocycles. The van der Waals surface area contributed by atoms with E-state index in [-0.39, 0.29) is 6.03 Å². The van der Waals surface area contributed by atoms with Crippen molar-refractivity contribution in [3.8, 4) is 0 Å². The van der Waals surface area contributed by atoms with E-state index < -0.39 is 0 Å². The second kappa shape index (κ2) is 5.74. The summed E-state index contributed by atoms with van der Waals surface area (Å²) in [4.78, 5) is 14.2. The van der Waals surface area contributed by atoms with Gasteiger partial charge in [-0.15, -0.1) is 0 Å². The average molecular weight is 311 g/mol. The first-order valence-corrected chi connectivity index (χ1v) is 7.22. The predicted molar refractivity (Wildman–Crippen MR) is 77.8 cm³/mol. The predicted octanol–water partition coefficient (Wildman–Crippen LogP) is 4.24. The highest BCUT2D eigenvalue weighted by Gasteiger charge is 2.28. The fourth-order valence-corrected chi connectivity index (χ4v) is 2.81. The van der Waals surface area contributed by atoms with Crippen LogP contribution in [0, 0.1) is 0 Å². The van der Waals surface area contributed by atoms with E-state index in [0.717, 1.165) is 23.0 Å². The van der Waals surface area contributed by atoms with Gasteiger partial charge in [-0.25, -0.2) is 4.79 Å². The van der Waals surface area contributed by atoms with Gasteiger partial charge in [-0.05, 0) is 57.4 Å². The second-order valence-corrected chi connectivity index (χ2v) is 5.89. The van der Waals surface area contributed by atoms with Crippen LogP contribution in [0.4, 0.5) is 10.5 Å². The molecule has 3 nitrogen and oxygen atoms in total. The molecular weight excluding hydrogens is 292 g/mol. The van der Waals surface area contributed by atoms with Crippen molar-refractivity contribution in [2.75, 3.05) is 5.32 Å². The minimum atomic E-state index is 0.0111. The van der Waals surface area contributed by atoms with Crippen molar-refractivity contribution in [2.24, 2.45) is 0 Å². The molecule has 0 radical (unpaired) electrons. The third-order valence-corrected chi connectivity index (χ3v) is 4.05. The number of carbonyl (C=O) groups excluding carboxylic acids is 1. The number of hydrogen-bond acceptors (Lipinski definition) is 1. The van der Waals surface area contributed by atoms with Gasteiger partial charge in [0.15, 0.2) is 0 Å². The summed E-state index contributed by atoms with van der Waals surface area (Å²) in [6.07, 6.45) is 3.40. The molecule has 1 aliphatic heterocycles. The highest BCUT2D eigenvalue weighted by molar-refractivity contribution is 9.10. The third kappa shape index (κ3) is 3.05. The van der Waals surface area contributed by atoms with E-state index in [4.69, 9.17) is 0 Å². The van der Waals surface area contributed by atoms with Crippen molar-refractivity contribution in [2.45, 2.75) is 45.2 Å². The Morgan fingerprint density at radius 2 is 1.78 bits per heavy atom. The van der Waals surface area contributed by atoms with Crippen LogP contribution >= 0.6 is 15.9 Å². The number of nitrogens with zero attached hydrogens (tertiary/aromatic N) is 1. The Bertz CT molecular complexity index is 408. The van der Waals surface area contributed by atoms with Gasteiger partial charge in [-0.2, -0.15) is 0 Å². The molecule has 1 N–H and O–H groups in total. The number of amides is 2. The number of hydrogen-bond donors (Lipinski definition) is 1. The normalized spacial score (nSPS) is 23.8. The topological polar surface area (TPSA) is 32.3 Å². The molecule has 2 atom stereocenters. The first-order valence-electron chi connectivity index (χ1n) is 6.43. The second-order valence-electron chi connectivity index (χ2n) is 4.97. The summed E-state index contributed by atoms with van der Waals surface area (Å²) in [5.41, 5.74) is 0.841. The van der Waals surface area contributed by atoms with Crippen LogP contribution in [0.1, 0.15) is 33.1 Å². The Kier molecular flexibility index (Phi) is 4.27. The van der Waals surface area contributed by atoms with Gasteiger partial charge in [0.1, 0.15) is 0 Å². The molecule has 0 spiro atoms. The summed E-state index contributed by atoms with van der Waals surface area (Å²) in [5, 5.41) is 2.97. The first kappa shape index (κ1) is 13.4. The molecule has 1 aromatic carbocycles. The Hall–Kier alpha value is -1.03. The van der Waals surface area contributed by atoms with Gasteiger partial charge in [0.05, 0.1) is 0 Å². The molecule has 1 aliphatic rings. The number of urea groups is 1.